The molecular formula is C21H29FN4O. The number of aliphatic hydroxyl groups is 1. The van der Waals surface area contributed by atoms with Crippen molar-refractivity contribution in [2.45, 2.75) is 50.8 Å². The van der Waals surface area contributed by atoms with Gasteiger partial charge in [-0.3, -0.25) is 9.80 Å². The minimum Gasteiger partial charge on any atom is -0.390 e. The summed E-state index contributed by atoms with van der Waals surface area (Å²) in [6.07, 6.45) is 9.74. The van der Waals surface area contributed by atoms with Gasteiger partial charge in [0.1, 0.15) is 5.82 Å². The van der Waals surface area contributed by atoms with Gasteiger partial charge in [-0.05, 0) is 56.6 Å². The van der Waals surface area contributed by atoms with E-state index in [0.29, 0.717) is 12.6 Å². The highest BCUT2D eigenvalue weighted by atomic mass is 19.1. The first-order valence-corrected chi connectivity index (χ1v) is 10.1. The summed E-state index contributed by atoms with van der Waals surface area (Å²) in [5.41, 5.74) is 1.96. The molecule has 0 unspecified atom stereocenters. The lowest BCUT2D eigenvalue weighted by Gasteiger charge is -2.41. The topological polar surface area (TPSA) is 44.5 Å². The molecule has 0 radical (unpaired) electrons. The fraction of sp³-hybridized carbons (Fsp3) is 0.571. The molecule has 2 atom stereocenters. The number of rotatable bonds is 4. The third kappa shape index (κ3) is 4.57. The molecular weight excluding hydrogens is 343 g/mol. The van der Waals surface area contributed by atoms with E-state index in [4.69, 9.17) is 0 Å². The number of nitrogens with zero attached hydrogens (tertiary/aromatic N) is 4. The molecule has 0 aliphatic carbocycles. The molecule has 2 aliphatic heterocycles. The Morgan fingerprint density at radius 3 is 2.48 bits per heavy atom. The molecule has 2 saturated heterocycles. The van der Waals surface area contributed by atoms with Crippen LogP contribution in [0, 0.1) is 5.82 Å². The molecule has 0 spiro atoms. The minimum atomic E-state index is -0.288. The van der Waals surface area contributed by atoms with Crippen molar-refractivity contribution in [1.29, 1.82) is 0 Å². The van der Waals surface area contributed by atoms with Crippen molar-refractivity contribution in [3.8, 4) is 5.69 Å². The Hall–Kier alpha value is -1.76. The smallest absolute Gasteiger partial charge is 0.123 e. The Morgan fingerprint density at radius 2 is 1.78 bits per heavy atom. The van der Waals surface area contributed by atoms with E-state index < -0.39 is 0 Å². The summed E-state index contributed by atoms with van der Waals surface area (Å²) >= 11 is 0. The molecule has 5 nitrogen and oxygen atoms in total. The van der Waals surface area contributed by atoms with Gasteiger partial charge in [-0.15, -0.1) is 0 Å². The van der Waals surface area contributed by atoms with E-state index in [9.17, 15) is 9.50 Å². The summed E-state index contributed by atoms with van der Waals surface area (Å²) < 4.78 is 14.9. The highest BCUT2D eigenvalue weighted by molar-refractivity contribution is 5.31. The standard InChI is InChI=1S/C21H29FN4O/c22-18-5-7-19(8-6-18)26-15-17(13-23-26)14-24-12-9-20(21(27)16-24)25-10-3-1-2-4-11-25/h5-8,13,15,20-21,27H,1-4,9-12,14,16H2/t20-,21-/m1/s1. The van der Waals surface area contributed by atoms with Gasteiger partial charge in [0.15, 0.2) is 0 Å². The lowest BCUT2D eigenvalue weighted by molar-refractivity contribution is -0.0144. The minimum absolute atomic E-state index is 0.243. The molecule has 4 rings (SSSR count). The van der Waals surface area contributed by atoms with Crippen LogP contribution in [-0.2, 0) is 6.54 Å². The zero-order valence-electron chi connectivity index (χ0n) is 15.8. The van der Waals surface area contributed by atoms with Crippen molar-refractivity contribution in [3.63, 3.8) is 0 Å². The summed E-state index contributed by atoms with van der Waals surface area (Å²) in [6, 6.07) is 6.65. The molecule has 3 heterocycles. The molecule has 2 fully saturated rings. The van der Waals surface area contributed by atoms with Gasteiger partial charge in [-0.25, -0.2) is 9.07 Å². The van der Waals surface area contributed by atoms with Crippen LogP contribution in [0.3, 0.4) is 0 Å². The van der Waals surface area contributed by atoms with Crippen LogP contribution in [0.5, 0.6) is 0 Å². The van der Waals surface area contributed by atoms with E-state index in [1.807, 2.05) is 12.4 Å². The van der Waals surface area contributed by atoms with E-state index in [1.54, 1.807) is 16.8 Å². The zero-order chi connectivity index (χ0) is 18.6. The highest BCUT2D eigenvalue weighted by Crippen LogP contribution is 2.22. The van der Waals surface area contributed by atoms with E-state index in [2.05, 4.69) is 14.9 Å². The monoisotopic (exact) mass is 372 g/mol. The van der Waals surface area contributed by atoms with Crippen molar-refractivity contribution in [2.75, 3.05) is 26.2 Å². The number of halogens is 1. The number of piperidine rings is 1. The highest BCUT2D eigenvalue weighted by Gasteiger charge is 2.32. The second-order valence-electron chi connectivity index (χ2n) is 7.88. The maximum absolute atomic E-state index is 13.1. The van der Waals surface area contributed by atoms with Crippen LogP contribution in [0.15, 0.2) is 36.7 Å². The Labute approximate surface area is 160 Å². The lowest BCUT2D eigenvalue weighted by atomic mass is 9.99. The number of aliphatic hydroxyl groups excluding tert-OH is 1. The third-order valence-corrected chi connectivity index (χ3v) is 5.87. The van der Waals surface area contributed by atoms with Gasteiger partial charge < -0.3 is 5.11 Å². The van der Waals surface area contributed by atoms with Crippen LogP contribution in [0.1, 0.15) is 37.7 Å². The quantitative estimate of drug-likeness (QED) is 0.896. The summed E-state index contributed by atoms with van der Waals surface area (Å²) in [7, 11) is 0. The average Bonchev–Trinajstić information content (AvgIpc) is 2.96. The van der Waals surface area contributed by atoms with Crippen molar-refractivity contribution in [1.82, 2.24) is 19.6 Å². The third-order valence-electron chi connectivity index (χ3n) is 5.87. The number of hydrogen-bond acceptors (Lipinski definition) is 4. The zero-order valence-corrected chi connectivity index (χ0v) is 15.8. The number of likely N-dealkylation sites (tertiary alicyclic amines) is 2. The van der Waals surface area contributed by atoms with Crippen LogP contribution in [0.2, 0.25) is 0 Å². The average molecular weight is 372 g/mol. The summed E-state index contributed by atoms with van der Waals surface area (Å²) in [5, 5.41) is 15.1. The molecule has 2 aliphatic rings. The summed E-state index contributed by atoms with van der Waals surface area (Å²) in [4.78, 5) is 4.83. The van der Waals surface area contributed by atoms with Gasteiger partial charge >= 0.3 is 0 Å². The Kier molecular flexibility index (Phi) is 5.86. The molecule has 1 aromatic carbocycles. The van der Waals surface area contributed by atoms with Gasteiger partial charge in [-0.2, -0.15) is 5.10 Å². The van der Waals surface area contributed by atoms with E-state index in [-0.39, 0.29) is 11.9 Å². The fourth-order valence-electron chi connectivity index (χ4n) is 4.42. The first-order valence-electron chi connectivity index (χ1n) is 10.1. The lowest BCUT2D eigenvalue weighted by Crippen LogP contribution is -2.54. The maximum Gasteiger partial charge on any atom is 0.123 e. The first kappa shape index (κ1) is 18.6. The van der Waals surface area contributed by atoms with Crippen molar-refractivity contribution in [3.05, 3.63) is 48.0 Å². The number of aromatic nitrogens is 2. The Balaban J connectivity index is 1.34. The second kappa shape index (κ2) is 8.50. The molecule has 1 N–H and O–H groups in total. The van der Waals surface area contributed by atoms with E-state index in [1.165, 1.54) is 37.8 Å². The molecule has 1 aromatic heterocycles. The summed E-state index contributed by atoms with van der Waals surface area (Å²) in [5.74, 6) is -0.243. The predicted octanol–water partition coefficient (Wildman–Crippen LogP) is 2.82. The molecule has 27 heavy (non-hydrogen) atoms. The van der Waals surface area contributed by atoms with E-state index >= 15 is 0 Å². The van der Waals surface area contributed by atoms with Gasteiger partial charge in [0.2, 0.25) is 0 Å². The Morgan fingerprint density at radius 1 is 1.04 bits per heavy atom. The molecule has 0 saturated carbocycles. The van der Waals surface area contributed by atoms with Gasteiger partial charge in [0.05, 0.1) is 18.0 Å². The van der Waals surface area contributed by atoms with E-state index in [0.717, 1.165) is 43.9 Å². The fourth-order valence-corrected chi connectivity index (χ4v) is 4.42. The number of benzene rings is 1. The van der Waals surface area contributed by atoms with Gasteiger partial charge in [-0.1, -0.05) is 12.8 Å². The largest absolute Gasteiger partial charge is 0.390 e. The number of hydrogen-bond donors (Lipinski definition) is 1. The molecule has 6 heteroatoms. The molecule has 0 amide bonds. The van der Waals surface area contributed by atoms with Crippen molar-refractivity contribution >= 4 is 0 Å². The predicted molar refractivity (Wildman–Crippen MR) is 103 cm³/mol. The number of β-amino-alcohol motifs (C(OH)–C–C–N with tert-alkyl or cyclic N) is 1. The maximum atomic E-state index is 13.1. The van der Waals surface area contributed by atoms with Gasteiger partial charge in [0, 0.05) is 37.4 Å². The first-order chi connectivity index (χ1) is 13.2. The normalized spacial score (nSPS) is 25.4. The van der Waals surface area contributed by atoms with Gasteiger partial charge in [0.25, 0.3) is 0 Å². The Bertz CT molecular complexity index is 724. The van der Waals surface area contributed by atoms with Crippen LogP contribution in [-0.4, -0.2) is 63.0 Å². The molecule has 2 aromatic rings. The molecule has 0 bridgehead atoms. The summed E-state index contributed by atoms with van der Waals surface area (Å²) in [6.45, 7) is 4.76. The van der Waals surface area contributed by atoms with Crippen LogP contribution in [0.25, 0.3) is 5.69 Å². The van der Waals surface area contributed by atoms with Crippen LogP contribution < -0.4 is 0 Å². The van der Waals surface area contributed by atoms with Crippen molar-refractivity contribution < 1.29 is 9.50 Å². The second-order valence-corrected chi connectivity index (χ2v) is 7.88. The molecule has 146 valence electrons. The van der Waals surface area contributed by atoms with Crippen LogP contribution in [0.4, 0.5) is 4.39 Å². The SMILES string of the molecule is O[C@@H]1CN(Cc2cnn(-c3ccc(F)cc3)c2)CC[C@H]1N1CCCCCC1. The van der Waals surface area contributed by atoms with Crippen molar-refractivity contribution in [2.24, 2.45) is 0 Å². The van der Waals surface area contributed by atoms with Crippen LogP contribution >= 0.6 is 0 Å².